The van der Waals surface area contributed by atoms with Gasteiger partial charge in [0.25, 0.3) is 11.6 Å². The van der Waals surface area contributed by atoms with Gasteiger partial charge in [0, 0.05) is 23.7 Å². The quantitative estimate of drug-likeness (QED) is 0.493. The van der Waals surface area contributed by atoms with Crippen LogP contribution in [-0.2, 0) is 4.74 Å². The van der Waals surface area contributed by atoms with Gasteiger partial charge in [-0.1, -0.05) is 6.92 Å². The lowest BCUT2D eigenvalue weighted by atomic mass is 10.1. The number of carbonyl (C=O) groups excluding carboxylic acids is 2. The molecule has 7 nitrogen and oxygen atoms in total. The van der Waals surface area contributed by atoms with Crippen LogP contribution >= 0.6 is 0 Å². The standard InChI is InChI=1S/C14H18N2O5/c1-4-9(3)15-13(17)10-6-11(14(18)21-5-2)8-12(7-10)16(19)20/h6-9H,4-5H2,1-3H3,(H,15,17). The summed E-state index contributed by atoms with van der Waals surface area (Å²) in [6.45, 7) is 5.51. The third-order valence-electron chi connectivity index (χ3n) is 2.89. The molecule has 0 aliphatic rings. The van der Waals surface area contributed by atoms with E-state index in [9.17, 15) is 19.7 Å². The molecule has 1 amide bonds. The Morgan fingerprint density at radius 1 is 1.29 bits per heavy atom. The minimum Gasteiger partial charge on any atom is -0.462 e. The topological polar surface area (TPSA) is 98.5 Å². The van der Waals surface area contributed by atoms with Gasteiger partial charge < -0.3 is 10.1 Å². The van der Waals surface area contributed by atoms with Crippen LogP contribution in [0, 0.1) is 10.1 Å². The van der Waals surface area contributed by atoms with E-state index in [1.807, 2.05) is 13.8 Å². The molecule has 0 heterocycles. The second-order valence-corrected chi connectivity index (χ2v) is 4.53. The summed E-state index contributed by atoms with van der Waals surface area (Å²) in [7, 11) is 0. The van der Waals surface area contributed by atoms with Crippen molar-refractivity contribution < 1.29 is 19.2 Å². The van der Waals surface area contributed by atoms with E-state index < -0.39 is 16.8 Å². The molecule has 0 aromatic heterocycles. The number of nitrogens with one attached hydrogen (secondary N) is 1. The minimum absolute atomic E-state index is 0.0136. The Labute approximate surface area is 122 Å². The lowest BCUT2D eigenvalue weighted by molar-refractivity contribution is -0.384. The lowest BCUT2D eigenvalue weighted by Crippen LogP contribution is -2.32. The van der Waals surface area contributed by atoms with Crippen molar-refractivity contribution >= 4 is 17.6 Å². The number of benzene rings is 1. The zero-order valence-electron chi connectivity index (χ0n) is 12.2. The zero-order chi connectivity index (χ0) is 16.0. The highest BCUT2D eigenvalue weighted by molar-refractivity contribution is 5.99. The number of nitro benzene ring substituents is 1. The monoisotopic (exact) mass is 294 g/mol. The first-order chi connectivity index (χ1) is 9.88. The van der Waals surface area contributed by atoms with Crippen LogP contribution in [0.1, 0.15) is 47.9 Å². The number of hydrogen-bond donors (Lipinski definition) is 1. The summed E-state index contributed by atoms with van der Waals surface area (Å²) < 4.78 is 4.81. The van der Waals surface area contributed by atoms with Gasteiger partial charge in [-0.05, 0) is 26.3 Å². The van der Waals surface area contributed by atoms with E-state index in [0.29, 0.717) is 0 Å². The average Bonchev–Trinajstić information content (AvgIpc) is 2.46. The maximum Gasteiger partial charge on any atom is 0.338 e. The van der Waals surface area contributed by atoms with Crippen LogP contribution < -0.4 is 5.32 Å². The normalized spacial score (nSPS) is 11.6. The molecule has 0 bridgehead atoms. The first kappa shape index (κ1) is 16.6. The van der Waals surface area contributed by atoms with Crippen LogP contribution in [0.4, 0.5) is 5.69 Å². The van der Waals surface area contributed by atoms with Gasteiger partial charge in [0.1, 0.15) is 0 Å². The van der Waals surface area contributed by atoms with Crippen molar-refractivity contribution in [2.45, 2.75) is 33.2 Å². The number of rotatable bonds is 6. The summed E-state index contributed by atoms with van der Waals surface area (Å²) in [6.07, 6.45) is 0.728. The summed E-state index contributed by atoms with van der Waals surface area (Å²) in [5.41, 5.74) is -0.275. The maximum atomic E-state index is 12.0. The van der Waals surface area contributed by atoms with Crippen molar-refractivity contribution in [1.82, 2.24) is 5.32 Å². The molecule has 0 aliphatic carbocycles. The fourth-order valence-corrected chi connectivity index (χ4v) is 1.59. The van der Waals surface area contributed by atoms with Gasteiger partial charge in [0.15, 0.2) is 0 Å². The maximum absolute atomic E-state index is 12.0. The molecule has 1 rings (SSSR count). The molecule has 0 radical (unpaired) electrons. The molecule has 1 atom stereocenters. The number of carbonyl (C=O) groups is 2. The van der Waals surface area contributed by atoms with E-state index in [0.717, 1.165) is 18.6 Å². The molecule has 1 N–H and O–H groups in total. The Balaban J connectivity index is 3.16. The molecule has 114 valence electrons. The molecule has 0 fully saturated rings. The molecule has 0 saturated heterocycles. The highest BCUT2D eigenvalue weighted by atomic mass is 16.6. The Morgan fingerprint density at radius 2 is 1.90 bits per heavy atom. The number of nitrogens with zero attached hydrogens (tertiary/aromatic N) is 1. The zero-order valence-corrected chi connectivity index (χ0v) is 12.2. The smallest absolute Gasteiger partial charge is 0.338 e. The van der Waals surface area contributed by atoms with Crippen molar-refractivity contribution in [3.05, 3.63) is 39.4 Å². The van der Waals surface area contributed by atoms with Crippen LogP contribution in [0.3, 0.4) is 0 Å². The van der Waals surface area contributed by atoms with E-state index in [4.69, 9.17) is 4.74 Å². The molecule has 0 aliphatic heterocycles. The highest BCUT2D eigenvalue weighted by Gasteiger charge is 2.19. The summed E-state index contributed by atoms with van der Waals surface area (Å²) >= 11 is 0. The molecule has 1 aromatic carbocycles. The van der Waals surface area contributed by atoms with Gasteiger partial charge in [-0.3, -0.25) is 14.9 Å². The largest absolute Gasteiger partial charge is 0.462 e. The average molecular weight is 294 g/mol. The number of esters is 1. The van der Waals surface area contributed by atoms with Gasteiger partial charge in [-0.2, -0.15) is 0 Å². The van der Waals surface area contributed by atoms with Crippen LogP contribution in [-0.4, -0.2) is 29.4 Å². The molecule has 7 heteroatoms. The first-order valence-electron chi connectivity index (χ1n) is 6.66. The molecule has 1 unspecified atom stereocenters. The Bertz CT molecular complexity index is 556. The summed E-state index contributed by atoms with van der Waals surface area (Å²) in [6, 6.07) is 3.46. The van der Waals surface area contributed by atoms with Crippen molar-refractivity contribution in [2.24, 2.45) is 0 Å². The van der Waals surface area contributed by atoms with Crippen molar-refractivity contribution in [3.8, 4) is 0 Å². The molecular formula is C14H18N2O5. The Hall–Kier alpha value is -2.44. The fraction of sp³-hybridized carbons (Fsp3) is 0.429. The highest BCUT2D eigenvalue weighted by Crippen LogP contribution is 2.18. The third kappa shape index (κ3) is 4.55. The molecular weight excluding hydrogens is 276 g/mol. The van der Waals surface area contributed by atoms with Crippen LogP contribution in [0.25, 0.3) is 0 Å². The molecule has 21 heavy (non-hydrogen) atoms. The number of ether oxygens (including phenoxy) is 1. The summed E-state index contributed by atoms with van der Waals surface area (Å²) in [4.78, 5) is 34.0. The second-order valence-electron chi connectivity index (χ2n) is 4.53. The SMILES string of the molecule is CCOC(=O)c1cc(C(=O)NC(C)CC)cc([N+](=O)[O-])c1. The van der Waals surface area contributed by atoms with Gasteiger partial charge in [0.05, 0.1) is 17.1 Å². The number of nitro groups is 1. The number of amides is 1. The van der Waals surface area contributed by atoms with Crippen LogP contribution in [0.2, 0.25) is 0 Å². The molecule has 0 saturated carbocycles. The molecule has 1 aromatic rings. The Morgan fingerprint density at radius 3 is 2.43 bits per heavy atom. The van der Waals surface area contributed by atoms with Crippen LogP contribution in [0.15, 0.2) is 18.2 Å². The predicted octanol–water partition coefficient (Wildman–Crippen LogP) is 2.30. The van der Waals surface area contributed by atoms with E-state index in [1.165, 1.54) is 6.07 Å². The van der Waals surface area contributed by atoms with Gasteiger partial charge in [-0.15, -0.1) is 0 Å². The lowest BCUT2D eigenvalue weighted by Gasteiger charge is -2.12. The first-order valence-corrected chi connectivity index (χ1v) is 6.66. The van der Waals surface area contributed by atoms with E-state index in [2.05, 4.69) is 5.32 Å². The minimum atomic E-state index is -0.696. The number of hydrogen-bond acceptors (Lipinski definition) is 5. The molecule has 0 spiro atoms. The van der Waals surface area contributed by atoms with Crippen molar-refractivity contribution in [2.75, 3.05) is 6.61 Å². The summed E-state index contributed by atoms with van der Waals surface area (Å²) in [5.74, 6) is -1.16. The Kier molecular flexibility index (Phi) is 5.83. The van der Waals surface area contributed by atoms with E-state index in [1.54, 1.807) is 6.92 Å². The fourth-order valence-electron chi connectivity index (χ4n) is 1.59. The third-order valence-corrected chi connectivity index (χ3v) is 2.89. The van der Waals surface area contributed by atoms with Crippen LogP contribution in [0.5, 0.6) is 0 Å². The summed E-state index contributed by atoms with van der Waals surface area (Å²) in [5, 5.41) is 13.6. The van der Waals surface area contributed by atoms with Gasteiger partial charge in [0.2, 0.25) is 0 Å². The van der Waals surface area contributed by atoms with Crippen molar-refractivity contribution in [1.29, 1.82) is 0 Å². The van der Waals surface area contributed by atoms with Gasteiger partial charge in [-0.25, -0.2) is 4.79 Å². The number of non-ortho nitro benzene ring substituents is 1. The van der Waals surface area contributed by atoms with Gasteiger partial charge >= 0.3 is 5.97 Å². The van der Waals surface area contributed by atoms with Crippen molar-refractivity contribution in [3.63, 3.8) is 0 Å². The van der Waals surface area contributed by atoms with E-state index >= 15 is 0 Å². The second kappa shape index (κ2) is 7.37. The van der Waals surface area contributed by atoms with E-state index in [-0.39, 0.29) is 29.5 Å². The predicted molar refractivity (Wildman–Crippen MR) is 76.3 cm³/mol.